The van der Waals surface area contributed by atoms with E-state index in [1.807, 2.05) is 44.0 Å². The Morgan fingerprint density at radius 1 is 1.33 bits per heavy atom. The molecule has 1 aromatic rings. The molecular formula is C16H27N3O2. The van der Waals surface area contributed by atoms with Gasteiger partial charge in [-0.2, -0.15) is 0 Å². The molecule has 0 atom stereocenters. The molecule has 5 nitrogen and oxygen atoms in total. The lowest BCUT2D eigenvalue weighted by atomic mass is 10.2. The fourth-order valence-electron chi connectivity index (χ4n) is 1.90. The molecule has 0 aromatic heterocycles. The van der Waals surface area contributed by atoms with Crippen molar-refractivity contribution in [1.82, 2.24) is 5.32 Å². The van der Waals surface area contributed by atoms with Gasteiger partial charge in [0.1, 0.15) is 5.75 Å². The number of amides is 1. The first-order valence-corrected chi connectivity index (χ1v) is 7.34. The number of carbonyl (C=O) groups excluding carboxylic acids is 1. The fourth-order valence-corrected chi connectivity index (χ4v) is 1.90. The van der Waals surface area contributed by atoms with Gasteiger partial charge in [0.05, 0.1) is 24.0 Å². The van der Waals surface area contributed by atoms with E-state index in [0.717, 1.165) is 5.69 Å². The van der Waals surface area contributed by atoms with Crippen molar-refractivity contribution in [1.29, 1.82) is 0 Å². The highest BCUT2D eigenvalue weighted by Gasteiger charge is 2.13. The van der Waals surface area contributed by atoms with Crippen LogP contribution in [0.1, 0.15) is 27.7 Å². The molecule has 1 aromatic carbocycles. The Morgan fingerprint density at radius 2 is 2.00 bits per heavy atom. The molecule has 5 heteroatoms. The largest absolute Gasteiger partial charge is 0.489 e. The molecule has 0 aliphatic heterocycles. The van der Waals surface area contributed by atoms with Crippen LogP contribution in [-0.2, 0) is 4.79 Å². The van der Waals surface area contributed by atoms with Crippen molar-refractivity contribution in [2.24, 2.45) is 5.92 Å². The number of hydrogen-bond donors (Lipinski definition) is 2. The molecule has 3 N–H and O–H groups in total. The average Bonchev–Trinajstić information content (AvgIpc) is 2.38. The minimum absolute atomic E-state index is 0.0132. The van der Waals surface area contributed by atoms with Gasteiger partial charge < -0.3 is 20.7 Å². The van der Waals surface area contributed by atoms with Gasteiger partial charge in [0.15, 0.2) is 0 Å². The highest BCUT2D eigenvalue weighted by molar-refractivity contribution is 5.84. The van der Waals surface area contributed by atoms with E-state index < -0.39 is 0 Å². The van der Waals surface area contributed by atoms with E-state index in [1.54, 1.807) is 0 Å². The maximum absolute atomic E-state index is 11.9. The Balaban J connectivity index is 2.73. The topological polar surface area (TPSA) is 67.6 Å². The monoisotopic (exact) mass is 293 g/mol. The van der Waals surface area contributed by atoms with Gasteiger partial charge in [-0.1, -0.05) is 19.9 Å². The van der Waals surface area contributed by atoms with Gasteiger partial charge in [-0.15, -0.1) is 0 Å². The van der Waals surface area contributed by atoms with Gasteiger partial charge in [0.25, 0.3) is 0 Å². The molecule has 0 bridgehead atoms. The van der Waals surface area contributed by atoms with Crippen molar-refractivity contribution in [3.8, 4) is 5.75 Å². The lowest BCUT2D eigenvalue weighted by molar-refractivity contribution is -0.119. The lowest BCUT2D eigenvalue weighted by Crippen LogP contribution is -2.37. The number of nitrogen functional groups attached to an aromatic ring is 1. The van der Waals surface area contributed by atoms with Crippen molar-refractivity contribution < 1.29 is 9.53 Å². The van der Waals surface area contributed by atoms with E-state index in [-0.39, 0.29) is 18.6 Å². The highest BCUT2D eigenvalue weighted by atomic mass is 16.5. The highest BCUT2D eigenvalue weighted by Crippen LogP contribution is 2.32. The van der Waals surface area contributed by atoms with E-state index in [9.17, 15) is 4.79 Å². The van der Waals surface area contributed by atoms with Crippen LogP contribution < -0.4 is 20.7 Å². The first-order valence-electron chi connectivity index (χ1n) is 7.34. The molecule has 1 rings (SSSR count). The summed E-state index contributed by atoms with van der Waals surface area (Å²) in [6.45, 7) is 8.98. The third-order valence-corrected chi connectivity index (χ3v) is 2.91. The van der Waals surface area contributed by atoms with Crippen LogP contribution in [0, 0.1) is 5.92 Å². The number of likely N-dealkylation sites (N-methyl/N-ethyl adjacent to an activating group) is 1. The molecule has 0 unspecified atom stereocenters. The summed E-state index contributed by atoms with van der Waals surface area (Å²) in [5.74, 6) is 1.07. The van der Waals surface area contributed by atoms with Crippen molar-refractivity contribution in [2.75, 3.05) is 30.8 Å². The number of nitrogens with zero attached hydrogens (tertiary/aromatic N) is 1. The molecule has 118 valence electrons. The molecule has 1 amide bonds. The van der Waals surface area contributed by atoms with Crippen molar-refractivity contribution in [3.63, 3.8) is 0 Å². The first-order chi connectivity index (χ1) is 9.81. The van der Waals surface area contributed by atoms with Crippen molar-refractivity contribution in [2.45, 2.75) is 33.8 Å². The molecular weight excluding hydrogens is 266 g/mol. The number of para-hydroxylation sites is 1. The molecule has 0 aliphatic rings. The number of benzene rings is 1. The maximum atomic E-state index is 11.9. The van der Waals surface area contributed by atoms with Crippen LogP contribution in [0.4, 0.5) is 11.4 Å². The molecule has 0 spiro atoms. The quantitative estimate of drug-likeness (QED) is 0.757. The summed E-state index contributed by atoms with van der Waals surface area (Å²) >= 11 is 0. The zero-order valence-electron chi connectivity index (χ0n) is 13.6. The van der Waals surface area contributed by atoms with E-state index in [0.29, 0.717) is 23.9 Å². The second kappa shape index (κ2) is 7.76. The molecule has 0 saturated heterocycles. The summed E-state index contributed by atoms with van der Waals surface area (Å²) in [6, 6.07) is 5.61. The Morgan fingerprint density at radius 3 is 2.57 bits per heavy atom. The SMILES string of the molecule is CC(C)CNC(=O)CN(C)c1cccc(OC(C)C)c1N. The van der Waals surface area contributed by atoms with E-state index in [1.165, 1.54) is 0 Å². The number of ether oxygens (including phenoxy) is 1. The van der Waals surface area contributed by atoms with Gasteiger partial charge in [-0.25, -0.2) is 0 Å². The zero-order chi connectivity index (χ0) is 16.0. The molecule has 0 aliphatic carbocycles. The fraction of sp³-hybridized carbons (Fsp3) is 0.562. The Labute approximate surface area is 127 Å². The van der Waals surface area contributed by atoms with Crippen molar-refractivity contribution in [3.05, 3.63) is 18.2 Å². The third kappa shape index (κ3) is 5.53. The van der Waals surface area contributed by atoms with Crippen LogP contribution in [0.2, 0.25) is 0 Å². The second-order valence-corrected chi connectivity index (χ2v) is 5.91. The maximum Gasteiger partial charge on any atom is 0.239 e. The number of carbonyl (C=O) groups is 1. The van der Waals surface area contributed by atoms with E-state index in [4.69, 9.17) is 10.5 Å². The van der Waals surface area contributed by atoms with Crippen LogP contribution >= 0.6 is 0 Å². The van der Waals surface area contributed by atoms with Crippen LogP contribution in [0.15, 0.2) is 18.2 Å². The third-order valence-electron chi connectivity index (χ3n) is 2.91. The molecule has 0 heterocycles. The smallest absolute Gasteiger partial charge is 0.239 e. The Bertz CT molecular complexity index is 473. The molecule has 0 fully saturated rings. The summed E-state index contributed by atoms with van der Waals surface area (Å²) in [4.78, 5) is 13.7. The zero-order valence-corrected chi connectivity index (χ0v) is 13.6. The van der Waals surface area contributed by atoms with Gasteiger partial charge in [0, 0.05) is 13.6 Å². The minimum atomic E-state index is -0.0132. The second-order valence-electron chi connectivity index (χ2n) is 5.91. The number of anilines is 2. The summed E-state index contributed by atoms with van der Waals surface area (Å²) in [6.07, 6.45) is 0.0576. The van der Waals surface area contributed by atoms with Gasteiger partial charge in [-0.05, 0) is 31.9 Å². The molecule has 0 saturated carbocycles. The van der Waals surface area contributed by atoms with Crippen LogP contribution in [0.25, 0.3) is 0 Å². The number of nitrogens with one attached hydrogen (secondary N) is 1. The Kier molecular flexibility index (Phi) is 6.34. The average molecular weight is 293 g/mol. The lowest BCUT2D eigenvalue weighted by Gasteiger charge is -2.23. The predicted octanol–water partition coefficient (Wildman–Crippen LogP) is 2.26. The summed E-state index contributed by atoms with van der Waals surface area (Å²) in [5, 5.41) is 2.90. The number of nitrogens with two attached hydrogens (primary N) is 1. The van der Waals surface area contributed by atoms with E-state index >= 15 is 0 Å². The summed E-state index contributed by atoms with van der Waals surface area (Å²) < 4.78 is 5.67. The van der Waals surface area contributed by atoms with Gasteiger partial charge in [0.2, 0.25) is 5.91 Å². The van der Waals surface area contributed by atoms with E-state index in [2.05, 4.69) is 19.2 Å². The first kappa shape index (κ1) is 17.1. The Hall–Kier alpha value is -1.91. The van der Waals surface area contributed by atoms with Crippen LogP contribution in [0.3, 0.4) is 0 Å². The number of rotatable bonds is 7. The molecule has 0 radical (unpaired) electrons. The van der Waals surface area contributed by atoms with Crippen LogP contribution in [-0.4, -0.2) is 32.1 Å². The van der Waals surface area contributed by atoms with Gasteiger partial charge >= 0.3 is 0 Å². The van der Waals surface area contributed by atoms with Gasteiger partial charge in [-0.3, -0.25) is 4.79 Å². The normalized spacial score (nSPS) is 10.8. The minimum Gasteiger partial charge on any atom is -0.489 e. The van der Waals surface area contributed by atoms with Crippen molar-refractivity contribution >= 4 is 17.3 Å². The number of hydrogen-bond acceptors (Lipinski definition) is 4. The molecule has 21 heavy (non-hydrogen) atoms. The summed E-state index contributed by atoms with van der Waals surface area (Å²) in [7, 11) is 1.85. The summed E-state index contributed by atoms with van der Waals surface area (Å²) in [5.41, 5.74) is 7.49. The predicted molar refractivity (Wildman–Crippen MR) is 87.7 cm³/mol. The van der Waals surface area contributed by atoms with Crippen LogP contribution in [0.5, 0.6) is 5.75 Å². The standard InChI is InChI=1S/C16H27N3O2/c1-11(2)9-18-15(20)10-19(5)13-7-6-8-14(16(13)17)21-12(3)4/h6-8,11-12H,9-10,17H2,1-5H3,(H,18,20).